The summed E-state index contributed by atoms with van der Waals surface area (Å²) in [4.78, 5) is 26.8. The zero-order valence-electron chi connectivity index (χ0n) is 15.4. The molecule has 0 saturated carbocycles. The number of Topliss-reactive ketones (excluding diaryl/α,β-unsaturated/α-hetero) is 1. The van der Waals surface area contributed by atoms with Gasteiger partial charge >= 0.3 is 0 Å². The maximum absolute atomic E-state index is 12.5. The summed E-state index contributed by atoms with van der Waals surface area (Å²) < 4.78 is 0. The van der Waals surface area contributed by atoms with E-state index in [-0.39, 0.29) is 17.6 Å². The van der Waals surface area contributed by atoms with Crippen LogP contribution < -0.4 is 0 Å². The second-order valence-electron chi connectivity index (χ2n) is 7.02. The molecule has 1 amide bonds. The molecule has 3 rings (SSSR count). The molecule has 3 nitrogen and oxygen atoms in total. The van der Waals surface area contributed by atoms with E-state index in [1.807, 2.05) is 47.4 Å². The van der Waals surface area contributed by atoms with Gasteiger partial charge in [0.15, 0.2) is 5.78 Å². The number of carbonyl (C=O) groups is 2. The number of rotatable bonds is 4. The summed E-state index contributed by atoms with van der Waals surface area (Å²) in [7, 11) is 0. The molecule has 3 heteroatoms. The zero-order chi connectivity index (χ0) is 18.5. The van der Waals surface area contributed by atoms with Crippen molar-refractivity contribution in [1.29, 1.82) is 0 Å². The standard InChI is InChI=1S/C23H25NO2/c1-17-8-9-19(18(2)16-17)10-11-22(25)24-14-12-21(13-15-24)23(26)20-6-4-3-5-7-20/h3-11,16,21H,12-15H2,1-2H3/b11-10+. The third kappa shape index (κ3) is 4.29. The number of likely N-dealkylation sites (tertiary alicyclic amines) is 1. The van der Waals surface area contributed by atoms with Crippen LogP contribution in [0.3, 0.4) is 0 Å². The van der Waals surface area contributed by atoms with E-state index in [1.165, 1.54) is 11.1 Å². The van der Waals surface area contributed by atoms with Crippen LogP contribution in [0.1, 0.15) is 39.9 Å². The fraction of sp³-hybridized carbons (Fsp3) is 0.304. The fourth-order valence-electron chi connectivity index (χ4n) is 3.48. The van der Waals surface area contributed by atoms with Gasteiger partial charge in [0.25, 0.3) is 0 Å². The van der Waals surface area contributed by atoms with Gasteiger partial charge in [-0.05, 0) is 43.9 Å². The largest absolute Gasteiger partial charge is 0.339 e. The Labute approximate surface area is 155 Å². The molecule has 0 spiro atoms. The highest BCUT2D eigenvalue weighted by Gasteiger charge is 2.27. The van der Waals surface area contributed by atoms with E-state index >= 15 is 0 Å². The number of amides is 1. The van der Waals surface area contributed by atoms with Gasteiger partial charge in [-0.25, -0.2) is 0 Å². The van der Waals surface area contributed by atoms with Crippen LogP contribution in [0.25, 0.3) is 6.08 Å². The van der Waals surface area contributed by atoms with Gasteiger partial charge in [0.05, 0.1) is 0 Å². The number of piperidine rings is 1. The molecule has 1 aliphatic rings. The lowest BCUT2D eigenvalue weighted by Gasteiger charge is -2.30. The van der Waals surface area contributed by atoms with Crippen LogP contribution in [0.15, 0.2) is 54.6 Å². The Morgan fingerprint density at radius 2 is 1.69 bits per heavy atom. The van der Waals surface area contributed by atoms with Gasteiger partial charge in [-0.3, -0.25) is 9.59 Å². The Balaban J connectivity index is 1.56. The van der Waals surface area contributed by atoms with E-state index in [0.29, 0.717) is 13.1 Å². The summed E-state index contributed by atoms with van der Waals surface area (Å²) in [5.41, 5.74) is 4.22. The lowest BCUT2D eigenvalue weighted by molar-refractivity contribution is -0.127. The minimum absolute atomic E-state index is 0.0183. The third-order valence-electron chi connectivity index (χ3n) is 5.07. The number of hydrogen-bond donors (Lipinski definition) is 0. The summed E-state index contributed by atoms with van der Waals surface area (Å²) in [6, 6.07) is 15.6. The SMILES string of the molecule is Cc1ccc(/C=C/C(=O)N2CCC(C(=O)c3ccccc3)CC2)c(C)c1. The summed E-state index contributed by atoms with van der Waals surface area (Å²) >= 11 is 0. The molecule has 2 aromatic rings. The summed E-state index contributed by atoms with van der Waals surface area (Å²) in [5, 5.41) is 0. The summed E-state index contributed by atoms with van der Waals surface area (Å²) in [6.45, 7) is 5.39. The predicted molar refractivity (Wildman–Crippen MR) is 105 cm³/mol. The zero-order valence-corrected chi connectivity index (χ0v) is 15.4. The van der Waals surface area contributed by atoms with E-state index in [4.69, 9.17) is 0 Å². The maximum Gasteiger partial charge on any atom is 0.246 e. The lowest BCUT2D eigenvalue weighted by Crippen LogP contribution is -2.39. The molecule has 1 aliphatic heterocycles. The minimum atomic E-state index is 0.0183. The molecule has 1 fully saturated rings. The Kier molecular flexibility index (Phi) is 5.67. The van der Waals surface area contributed by atoms with Crippen LogP contribution in [0.2, 0.25) is 0 Å². The molecule has 0 radical (unpaired) electrons. The Hall–Kier alpha value is -2.68. The van der Waals surface area contributed by atoms with Gasteiger partial charge < -0.3 is 4.90 Å². The van der Waals surface area contributed by atoms with Crippen molar-refractivity contribution in [3.05, 3.63) is 76.9 Å². The monoisotopic (exact) mass is 347 g/mol. The van der Waals surface area contributed by atoms with Crippen molar-refractivity contribution >= 4 is 17.8 Å². The van der Waals surface area contributed by atoms with E-state index in [9.17, 15) is 9.59 Å². The van der Waals surface area contributed by atoms with E-state index < -0.39 is 0 Å². The highest BCUT2D eigenvalue weighted by molar-refractivity contribution is 5.98. The molecule has 0 aromatic heterocycles. The first-order valence-corrected chi connectivity index (χ1v) is 9.18. The molecule has 0 bridgehead atoms. The van der Waals surface area contributed by atoms with Crippen LogP contribution in [-0.4, -0.2) is 29.7 Å². The van der Waals surface area contributed by atoms with Crippen LogP contribution in [0.5, 0.6) is 0 Å². The van der Waals surface area contributed by atoms with Crippen molar-refractivity contribution < 1.29 is 9.59 Å². The van der Waals surface area contributed by atoms with Gasteiger partial charge in [0.1, 0.15) is 0 Å². The molecule has 2 aromatic carbocycles. The van der Waals surface area contributed by atoms with Crippen molar-refractivity contribution in [1.82, 2.24) is 4.90 Å². The second-order valence-corrected chi connectivity index (χ2v) is 7.02. The second kappa shape index (κ2) is 8.13. The average molecular weight is 347 g/mol. The lowest BCUT2D eigenvalue weighted by atomic mass is 9.89. The van der Waals surface area contributed by atoms with Gasteiger partial charge in [-0.2, -0.15) is 0 Å². The quantitative estimate of drug-likeness (QED) is 0.606. The number of carbonyl (C=O) groups excluding carboxylic acids is 2. The highest BCUT2D eigenvalue weighted by atomic mass is 16.2. The molecule has 0 aliphatic carbocycles. The molecule has 26 heavy (non-hydrogen) atoms. The van der Waals surface area contributed by atoms with Crippen LogP contribution in [0.4, 0.5) is 0 Å². The van der Waals surface area contributed by atoms with Crippen LogP contribution >= 0.6 is 0 Å². The molecule has 1 saturated heterocycles. The number of benzene rings is 2. The van der Waals surface area contributed by atoms with Gasteiger partial charge in [0, 0.05) is 30.6 Å². The van der Waals surface area contributed by atoms with Crippen molar-refractivity contribution in [3.63, 3.8) is 0 Å². The number of hydrogen-bond acceptors (Lipinski definition) is 2. The van der Waals surface area contributed by atoms with Crippen molar-refractivity contribution in [2.45, 2.75) is 26.7 Å². The average Bonchev–Trinajstić information content (AvgIpc) is 2.67. The fourth-order valence-corrected chi connectivity index (χ4v) is 3.48. The maximum atomic E-state index is 12.5. The van der Waals surface area contributed by atoms with Gasteiger partial charge in [0.2, 0.25) is 5.91 Å². The molecular weight excluding hydrogens is 322 g/mol. The highest BCUT2D eigenvalue weighted by Crippen LogP contribution is 2.22. The molecule has 0 N–H and O–H groups in total. The topological polar surface area (TPSA) is 37.4 Å². The first-order chi connectivity index (χ1) is 12.5. The number of aryl methyl sites for hydroxylation is 2. The first-order valence-electron chi connectivity index (χ1n) is 9.18. The molecule has 134 valence electrons. The molecule has 0 atom stereocenters. The van der Waals surface area contributed by atoms with E-state index in [2.05, 4.69) is 26.0 Å². The normalized spacial score (nSPS) is 15.4. The predicted octanol–water partition coefficient (Wildman–Crippen LogP) is 4.44. The molecule has 0 unspecified atom stereocenters. The summed E-state index contributed by atoms with van der Waals surface area (Å²) in [5.74, 6) is 0.240. The number of nitrogens with zero attached hydrogens (tertiary/aromatic N) is 1. The van der Waals surface area contributed by atoms with Crippen molar-refractivity contribution in [2.75, 3.05) is 13.1 Å². The molecule has 1 heterocycles. The van der Waals surface area contributed by atoms with Crippen LogP contribution in [-0.2, 0) is 4.79 Å². The van der Waals surface area contributed by atoms with Gasteiger partial charge in [-0.1, -0.05) is 54.1 Å². The first kappa shape index (κ1) is 18.1. The van der Waals surface area contributed by atoms with E-state index in [1.54, 1.807) is 6.08 Å². The third-order valence-corrected chi connectivity index (χ3v) is 5.07. The molecular formula is C23H25NO2. The van der Waals surface area contributed by atoms with Gasteiger partial charge in [-0.15, -0.1) is 0 Å². The Morgan fingerprint density at radius 3 is 2.35 bits per heavy atom. The van der Waals surface area contributed by atoms with Crippen molar-refractivity contribution in [3.8, 4) is 0 Å². The number of ketones is 1. The van der Waals surface area contributed by atoms with Crippen molar-refractivity contribution in [2.24, 2.45) is 5.92 Å². The Bertz CT molecular complexity index is 815. The van der Waals surface area contributed by atoms with Crippen LogP contribution in [0, 0.1) is 19.8 Å². The van der Waals surface area contributed by atoms with E-state index in [0.717, 1.165) is 24.0 Å². The summed E-state index contributed by atoms with van der Waals surface area (Å²) in [6.07, 6.45) is 5.00. The minimum Gasteiger partial charge on any atom is -0.339 e. The smallest absolute Gasteiger partial charge is 0.246 e. The Morgan fingerprint density at radius 1 is 1.00 bits per heavy atom.